The standard InChI is InChI=1S/C22H32N4O5S/c1-13-16-18(30-6)24-15(12-29-5)25-19(16)32-17(13)20(27)26-9-7-14(8-10-26)11-23-21(28)31-22(2,3)4/h14H,7-12H2,1-6H3,(H,23,28). The molecule has 0 bridgehead atoms. The Morgan fingerprint density at radius 1 is 1.19 bits per heavy atom. The van der Waals surface area contributed by atoms with E-state index in [2.05, 4.69) is 15.3 Å². The van der Waals surface area contributed by atoms with Gasteiger partial charge in [0.1, 0.15) is 17.0 Å². The average molecular weight is 465 g/mol. The Bertz CT molecular complexity index is 977. The zero-order valence-corrected chi connectivity index (χ0v) is 20.4. The third-order valence-corrected chi connectivity index (χ3v) is 6.47. The van der Waals surface area contributed by atoms with Crippen LogP contribution in [0.2, 0.25) is 0 Å². The topological polar surface area (TPSA) is 103 Å². The van der Waals surface area contributed by atoms with Gasteiger partial charge in [-0.15, -0.1) is 11.3 Å². The molecule has 2 aromatic rings. The number of piperidine rings is 1. The zero-order chi connectivity index (χ0) is 23.5. The highest BCUT2D eigenvalue weighted by Crippen LogP contribution is 2.36. The fourth-order valence-corrected chi connectivity index (χ4v) is 4.87. The van der Waals surface area contributed by atoms with E-state index in [1.165, 1.54) is 11.3 Å². The van der Waals surface area contributed by atoms with Crippen LogP contribution in [-0.4, -0.2) is 66.3 Å². The second-order valence-electron chi connectivity index (χ2n) is 8.94. The summed E-state index contributed by atoms with van der Waals surface area (Å²) in [6.07, 6.45) is 1.25. The zero-order valence-electron chi connectivity index (χ0n) is 19.6. The van der Waals surface area contributed by atoms with Crippen molar-refractivity contribution >= 4 is 33.6 Å². The van der Waals surface area contributed by atoms with E-state index in [0.717, 1.165) is 28.6 Å². The van der Waals surface area contributed by atoms with Gasteiger partial charge in [0.15, 0.2) is 5.82 Å². The normalized spacial score (nSPS) is 15.1. The van der Waals surface area contributed by atoms with Crippen molar-refractivity contribution in [2.24, 2.45) is 5.92 Å². The summed E-state index contributed by atoms with van der Waals surface area (Å²) in [4.78, 5) is 37.3. The molecule has 32 heavy (non-hydrogen) atoms. The highest BCUT2D eigenvalue weighted by molar-refractivity contribution is 7.20. The van der Waals surface area contributed by atoms with Crippen molar-refractivity contribution < 1.29 is 23.8 Å². The van der Waals surface area contributed by atoms with Gasteiger partial charge in [0, 0.05) is 26.7 Å². The number of ether oxygens (including phenoxy) is 3. The van der Waals surface area contributed by atoms with E-state index >= 15 is 0 Å². The number of carbonyl (C=O) groups excluding carboxylic acids is 2. The van der Waals surface area contributed by atoms with Crippen molar-refractivity contribution in [3.05, 3.63) is 16.3 Å². The summed E-state index contributed by atoms with van der Waals surface area (Å²) in [5.74, 6) is 1.30. The predicted octanol–water partition coefficient (Wildman–Crippen LogP) is 3.53. The molecule has 3 rings (SSSR count). The summed E-state index contributed by atoms with van der Waals surface area (Å²) in [7, 11) is 3.15. The van der Waals surface area contributed by atoms with Crippen molar-refractivity contribution in [1.82, 2.24) is 20.2 Å². The molecule has 0 spiro atoms. The number of aryl methyl sites for hydroxylation is 1. The van der Waals surface area contributed by atoms with E-state index in [0.29, 0.717) is 42.1 Å². The molecule has 176 valence electrons. The molecule has 0 radical (unpaired) electrons. The number of thiophene rings is 1. The lowest BCUT2D eigenvalue weighted by atomic mass is 9.96. The lowest BCUT2D eigenvalue weighted by Crippen LogP contribution is -2.42. The first kappa shape index (κ1) is 24.2. The minimum Gasteiger partial charge on any atom is -0.480 e. The Labute approximate surface area is 192 Å². The highest BCUT2D eigenvalue weighted by Gasteiger charge is 2.28. The van der Waals surface area contributed by atoms with Gasteiger partial charge in [0.25, 0.3) is 5.91 Å². The average Bonchev–Trinajstić information content (AvgIpc) is 3.07. The van der Waals surface area contributed by atoms with Gasteiger partial charge in [-0.1, -0.05) is 0 Å². The molecule has 1 N–H and O–H groups in total. The third kappa shape index (κ3) is 5.66. The predicted molar refractivity (Wildman–Crippen MR) is 122 cm³/mol. The van der Waals surface area contributed by atoms with Crippen LogP contribution in [0.5, 0.6) is 5.88 Å². The Balaban J connectivity index is 1.65. The molecule has 3 heterocycles. The monoisotopic (exact) mass is 464 g/mol. The summed E-state index contributed by atoms with van der Waals surface area (Å²) in [5, 5.41) is 3.61. The van der Waals surface area contributed by atoms with Gasteiger partial charge < -0.3 is 24.4 Å². The van der Waals surface area contributed by atoms with Crippen molar-refractivity contribution in [2.45, 2.75) is 52.7 Å². The van der Waals surface area contributed by atoms with Crippen molar-refractivity contribution in [2.75, 3.05) is 33.9 Å². The third-order valence-electron chi connectivity index (χ3n) is 5.30. The van der Waals surface area contributed by atoms with Crippen LogP contribution in [0.3, 0.4) is 0 Å². The van der Waals surface area contributed by atoms with Gasteiger partial charge >= 0.3 is 6.09 Å². The van der Waals surface area contributed by atoms with Crippen LogP contribution in [-0.2, 0) is 16.1 Å². The maximum atomic E-state index is 13.3. The van der Waals surface area contributed by atoms with Crippen molar-refractivity contribution in [3.8, 4) is 5.88 Å². The number of rotatable bonds is 6. The Morgan fingerprint density at radius 2 is 1.88 bits per heavy atom. The number of amides is 2. The number of hydrogen-bond donors (Lipinski definition) is 1. The largest absolute Gasteiger partial charge is 0.480 e. The van der Waals surface area contributed by atoms with Crippen LogP contribution in [0, 0.1) is 12.8 Å². The summed E-state index contributed by atoms with van der Waals surface area (Å²) in [6, 6.07) is 0. The first-order valence-corrected chi connectivity index (χ1v) is 11.5. The van der Waals surface area contributed by atoms with Crippen LogP contribution in [0.4, 0.5) is 4.79 Å². The summed E-state index contributed by atoms with van der Waals surface area (Å²) in [6.45, 7) is 9.54. The molecule has 1 fully saturated rings. The molecule has 1 aliphatic heterocycles. The number of methoxy groups -OCH3 is 2. The summed E-state index contributed by atoms with van der Waals surface area (Å²) < 4.78 is 15.9. The van der Waals surface area contributed by atoms with Crippen LogP contribution in [0.15, 0.2) is 0 Å². The Morgan fingerprint density at radius 3 is 2.47 bits per heavy atom. The van der Waals surface area contributed by atoms with Crippen molar-refractivity contribution in [3.63, 3.8) is 0 Å². The van der Waals surface area contributed by atoms with Gasteiger partial charge in [-0.05, 0) is 52.0 Å². The van der Waals surface area contributed by atoms with E-state index in [1.807, 2.05) is 32.6 Å². The number of nitrogens with zero attached hydrogens (tertiary/aromatic N) is 3. The molecule has 9 nitrogen and oxygen atoms in total. The maximum Gasteiger partial charge on any atom is 0.407 e. The second kappa shape index (κ2) is 9.99. The van der Waals surface area contributed by atoms with Crippen LogP contribution in [0.25, 0.3) is 10.2 Å². The fourth-order valence-electron chi connectivity index (χ4n) is 3.72. The van der Waals surface area contributed by atoms with Gasteiger partial charge in [-0.2, -0.15) is 4.98 Å². The van der Waals surface area contributed by atoms with Crippen LogP contribution >= 0.6 is 11.3 Å². The molecule has 2 aromatic heterocycles. The first-order chi connectivity index (χ1) is 15.1. The molecule has 1 saturated heterocycles. The van der Waals surface area contributed by atoms with E-state index in [-0.39, 0.29) is 12.5 Å². The minimum atomic E-state index is -0.515. The lowest BCUT2D eigenvalue weighted by Gasteiger charge is -2.32. The molecule has 0 saturated carbocycles. The number of nitrogens with one attached hydrogen (secondary N) is 1. The number of likely N-dealkylation sites (tertiary alicyclic amines) is 1. The van der Waals surface area contributed by atoms with Crippen LogP contribution < -0.4 is 10.1 Å². The lowest BCUT2D eigenvalue weighted by molar-refractivity contribution is 0.0500. The van der Waals surface area contributed by atoms with Gasteiger partial charge in [-0.3, -0.25) is 4.79 Å². The smallest absolute Gasteiger partial charge is 0.407 e. The summed E-state index contributed by atoms with van der Waals surface area (Å²) >= 11 is 1.36. The molecule has 0 atom stereocenters. The second-order valence-corrected chi connectivity index (χ2v) is 9.94. The quantitative estimate of drug-likeness (QED) is 0.697. The van der Waals surface area contributed by atoms with Crippen molar-refractivity contribution in [1.29, 1.82) is 0 Å². The molecule has 0 aromatic carbocycles. The van der Waals surface area contributed by atoms with E-state index in [1.54, 1.807) is 14.2 Å². The van der Waals surface area contributed by atoms with E-state index < -0.39 is 11.7 Å². The molecule has 0 aliphatic carbocycles. The molecular formula is C22H32N4O5S. The molecule has 2 amide bonds. The van der Waals surface area contributed by atoms with Gasteiger partial charge in [0.2, 0.25) is 5.88 Å². The van der Waals surface area contributed by atoms with Crippen LogP contribution in [0.1, 0.15) is 54.7 Å². The van der Waals surface area contributed by atoms with Gasteiger partial charge in [-0.25, -0.2) is 9.78 Å². The summed E-state index contributed by atoms with van der Waals surface area (Å²) in [5.41, 5.74) is 0.323. The van der Waals surface area contributed by atoms with E-state index in [4.69, 9.17) is 14.2 Å². The number of carbonyl (C=O) groups is 2. The Kier molecular flexibility index (Phi) is 7.55. The number of fused-ring (bicyclic) bond motifs is 1. The number of aromatic nitrogens is 2. The molecular weight excluding hydrogens is 432 g/mol. The molecule has 0 unspecified atom stereocenters. The number of hydrogen-bond acceptors (Lipinski definition) is 8. The van der Waals surface area contributed by atoms with Gasteiger partial charge in [0.05, 0.1) is 17.4 Å². The fraction of sp³-hybridized carbons (Fsp3) is 0.636. The highest BCUT2D eigenvalue weighted by atomic mass is 32.1. The van der Waals surface area contributed by atoms with E-state index in [9.17, 15) is 9.59 Å². The Hall–Kier alpha value is -2.46. The minimum absolute atomic E-state index is 0.000559. The molecule has 10 heteroatoms. The SMILES string of the molecule is COCc1nc(OC)c2c(C)c(C(=O)N3CCC(CNC(=O)OC(C)(C)C)CC3)sc2n1. The number of alkyl carbamates (subject to hydrolysis) is 1. The first-order valence-electron chi connectivity index (χ1n) is 10.7. The molecule has 1 aliphatic rings. The maximum absolute atomic E-state index is 13.3.